The van der Waals surface area contributed by atoms with E-state index in [0.29, 0.717) is 18.8 Å². The summed E-state index contributed by atoms with van der Waals surface area (Å²) in [6, 6.07) is 13.1. The van der Waals surface area contributed by atoms with Crippen molar-refractivity contribution < 1.29 is 9.13 Å². The number of rotatable bonds is 3. The fourth-order valence-electron chi connectivity index (χ4n) is 2.76. The average Bonchev–Trinajstić information content (AvgIpc) is 2.70. The maximum atomic E-state index is 14.5. The van der Waals surface area contributed by atoms with Gasteiger partial charge in [-0.25, -0.2) is 4.39 Å². The second kappa shape index (κ2) is 6.14. The molecule has 110 valence electrons. The molecule has 0 saturated heterocycles. The average molecular weight is 286 g/mol. The third-order valence-corrected chi connectivity index (χ3v) is 3.65. The molecule has 0 atom stereocenters. The highest BCUT2D eigenvalue weighted by molar-refractivity contribution is 5.72. The van der Waals surface area contributed by atoms with Crippen molar-refractivity contribution in [2.24, 2.45) is 0 Å². The highest BCUT2D eigenvalue weighted by Gasteiger charge is 2.22. The van der Waals surface area contributed by atoms with Crippen molar-refractivity contribution in [1.29, 1.82) is 0 Å². The summed E-state index contributed by atoms with van der Waals surface area (Å²) in [7, 11) is 1.87. The molecule has 3 rings (SSSR count). The summed E-state index contributed by atoms with van der Waals surface area (Å²) >= 11 is 0. The first-order valence-electron chi connectivity index (χ1n) is 7.22. The van der Waals surface area contributed by atoms with E-state index in [-0.39, 0.29) is 5.82 Å². The lowest BCUT2D eigenvalue weighted by Gasteiger charge is -2.26. The Morgan fingerprint density at radius 1 is 1.19 bits per heavy atom. The summed E-state index contributed by atoms with van der Waals surface area (Å²) in [5.74, 6) is 0.619. The predicted octanol–water partition coefficient (Wildman–Crippen LogP) is 3.47. The van der Waals surface area contributed by atoms with E-state index in [1.165, 1.54) is 6.07 Å². The van der Waals surface area contributed by atoms with Gasteiger partial charge in [0.1, 0.15) is 11.6 Å². The van der Waals surface area contributed by atoms with Gasteiger partial charge >= 0.3 is 0 Å². The maximum Gasteiger partial charge on any atom is 0.147 e. The molecule has 4 heteroatoms. The van der Waals surface area contributed by atoms with Crippen molar-refractivity contribution >= 4 is 11.4 Å². The minimum Gasteiger partial charge on any atom is -0.491 e. The van der Waals surface area contributed by atoms with E-state index in [0.717, 1.165) is 30.0 Å². The quantitative estimate of drug-likeness (QED) is 0.935. The van der Waals surface area contributed by atoms with E-state index >= 15 is 0 Å². The Morgan fingerprint density at radius 3 is 2.90 bits per heavy atom. The standard InChI is InChI=1S/C17H19FN2O/c1-19-12-13-6-4-7-14(18)17(13)20-10-5-11-21-16-9-3-2-8-15(16)20/h2-4,6-9,19H,5,10-12H2,1H3. The molecule has 3 nitrogen and oxygen atoms in total. The van der Waals surface area contributed by atoms with Crippen LogP contribution in [0.5, 0.6) is 5.75 Å². The molecule has 21 heavy (non-hydrogen) atoms. The number of benzene rings is 2. The Hall–Kier alpha value is -2.07. The van der Waals surface area contributed by atoms with Gasteiger partial charge in [-0.3, -0.25) is 0 Å². The van der Waals surface area contributed by atoms with Crippen molar-refractivity contribution in [2.45, 2.75) is 13.0 Å². The van der Waals surface area contributed by atoms with E-state index in [1.807, 2.05) is 42.3 Å². The van der Waals surface area contributed by atoms with Crippen LogP contribution in [0.15, 0.2) is 42.5 Å². The Morgan fingerprint density at radius 2 is 2.05 bits per heavy atom. The van der Waals surface area contributed by atoms with Gasteiger partial charge < -0.3 is 15.0 Å². The number of anilines is 2. The zero-order chi connectivity index (χ0) is 14.7. The van der Waals surface area contributed by atoms with Crippen LogP contribution in [-0.2, 0) is 6.54 Å². The zero-order valence-corrected chi connectivity index (χ0v) is 12.1. The van der Waals surface area contributed by atoms with Crippen molar-refractivity contribution in [3.8, 4) is 5.75 Å². The fourth-order valence-corrected chi connectivity index (χ4v) is 2.76. The minimum atomic E-state index is -0.195. The Bertz CT molecular complexity index is 630. The molecule has 0 amide bonds. The lowest BCUT2D eigenvalue weighted by molar-refractivity contribution is 0.322. The molecule has 0 bridgehead atoms. The van der Waals surface area contributed by atoms with Crippen LogP contribution in [-0.4, -0.2) is 20.2 Å². The smallest absolute Gasteiger partial charge is 0.147 e. The van der Waals surface area contributed by atoms with Gasteiger partial charge in [-0.05, 0) is 37.2 Å². The molecule has 1 heterocycles. The van der Waals surface area contributed by atoms with Crippen LogP contribution < -0.4 is 15.0 Å². The summed E-state index contributed by atoms with van der Waals surface area (Å²) in [6.07, 6.45) is 0.863. The number of halogens is 1. The summed E-state index contributed by atoms with van der Waals surface area (Å²) in [6.45, 7) is 2.03. The maximum absolute atomic E-state index is 14.5. The van der Waals surface area contributed by atoms with Crippen molar-refractivity contribution in [1.82, 2.24) is 5.32 Å². The van der Waals surface area contributed by atoms with Crippen LogP contribution in [0.25, 0.3) is 0 Å². The van der Waals surface area contributed by atoms with Crippen LogP contribution in [0.1, 0.15) is 12.0 Å². The molecular weight excluding hydrogens is 267 g/mol. The molecule has 0 saturated carbocycles. The van der Waals surface area contributed by atoms with Crippen molar-refractivity contribution in [3.05, 3.63) is 53.8 Å². The fraction of sp³-hybridized carbons (Fsp3) is 0.294. The second-order valence-corrected chi connectivity index (χ2v) is 5.10. The van der Waals surface area contributed by atoms with Gasteiger partial charge in [0.05, 0.1) is 18.0 Å². The summed E-state index contributed by atoms with van der Waals surface area (Å²) < 4.78 is 20.2. The Kier molecular flexibility index (Phi) is 4.06. The van der Waals surface area contributed by atoms with Gasteiger partial charge in [0.15, 0.2) is 0 Å². The number of hydrogen-bond acceptors (Lipinski definition) is 3. The molecule has 0 radical (unpaired) electrons. The molecule has 0 aromatic heterocycles. The summed E-state index contributed by atoms with van der Waals surface area (Å²) in [4.78, 5) is 2.03. The van der Waals surface area contributed by atoms with E-state index in [2.05, 4.69) is 5.32 Å². The molecule has 0 spiro atoms. The minimum absolute atomic E-state index is 0.195. The first kappa shape index (κ1) is 13.9. The van der Waals surface area contributed by atoms with Crippen molar-refractivity contribution in [2.75, 3.05) is 25.1 Å². The Labute approximate surface area is 124 Å². The lowest BCUT2D eigenvalue weighted by Crippen LogP contribution is -2.22. The summed E-state index contributed by atoms with van der Waals surface area (Å²) in [5.41, 5.74) is 2.52. The van der Waals surface area contributed by atoms with Crippen LogP contribution in [0, 0.1) is 5.82 Å². The second-order valence-electron chi connectivity index (χ2n) is 5.10. The van der Waals surface area contributed by atoms with Crippen LogP contribution in [0.3, 0.4) is 0 Å². The monoisotopic (exact) mass is 286 g/mol. The normalized spacial score (nSPS) is 14.3. The van der Waals surface area contributed by atoms with Gasteiger partial charge in [-0.2, -0.15) is 0 Å². The van der Waals surface area contributed by atoms with E-state index in [1.54, 1.807) is 6.07 Å². The highest BCUT2D eigenvalue weighted by Crippen LogP contribution is 2.38. The molecule has 2 aromatic carbocycles. The number of hydrogen-bond donors (Lipinski definition) is 1. The first-order valence-corrected chi connectivity index (χ1v) is 7.22. The summed E-state index contributed by atoms with van der Waals surface area (Å²) in [5, 5.41) is 3.11. The lowest BCUT2D eigenvalue weighted by atomic mass is 10.1. The topological polar surface area (TPSA) is 24.5 Å². The number of ether oxygens (including phenoxy) is 1. The third kappa shape index (κ3) is 2.72. The number of nitrogens with zero attached hydrogens (tertiary/aromatic N) is 1. The van der Waals surface area contributed by atoms with Gasteiger partial charge in [0, 0.05) is 13.1 Å². The van der Waals surface area contributed by atoms with Crippen LogP contribution >= 0.6 is 0 Å². The highest BCUT2D eigenvalue weighted by atomic mass is 19.1. The van der Waals surface area contributed by atoms with Crippen LogP contribution in [0.2, 0.25) is 0 Å². The van der Waals surface area contributed by atoms with Gasteiger partial charge in [0.25, 0.3) is 0 Å². The van der Waals surface area contributed by atoms with Gasteiger partial charge in [-0.1, -0.05) is 24.3 Å². The molecule has 0 aliphatic carbocycles. The van der Waals surface area contributed by atoms with Gasteiger partial charge in [0.2, 0.25) is 0 Å². The number of fused-ring (bicyclic) bond motifs is 1. The molecule has 1 aliphatic rings. The first-order chi connectivity index (χ1) is 10.3. The molecule has 0 fully saturated rings. The third-order valence-electron chi connectivity index (χ3n) is 3.65. The zero-order valence-electron chi connectivity index (χ0n) is 12.1. The van der Waals surface area contributed by atoms with E-state index < -0.39 is 0 Å². The molecular formula is C17H19FN2O. The molecule has 2 aromatic rings. The molecule has 1 aliphatic heterocycles. The largest absolute Gasteiger partial charge is 0.491 e. The number of nitrogens with one attached hydrogen (secondary N) is 1. The SMILES string of the molecule is CNCc1cccc(F)c1N1CCCOc2ccccc21. The van der Waals surface area contributed by atoms with Crippen molar-refractivity contribution in [3.63, 3.8) is 0 Å². The van der Waals surface area contributed by atoms with E-state index in [4.69, 9.17) is 4.74 Å². The predicted molar refractivity (Wildman–Crippen MR) is 82.7 cm³/mol. The molecule has 0 unspecified atom stereocenters. The number of para-hydroxylation sites is 3. The molecule has 1 N–H and O–H groups in total. The van der Waals surface area contributed by atoms with Crippen LogP contribution in [0.4, 0.5) is 15.8 Å². The van der Waals surface area contributed by atoms with Gasteiger partial charge in [-0.15, -0.1) is 0 Å². The Balaban J connectivity index is 2.12. The van der Waals surface area contributed by atoms with E-state index in [9.17, 15) is 4.39 Å².